The van der Waals surface area contributed by atoms with E-state index in [1.165, 1.54) is 0 Å². The number of benzene rings is 1. The average molecular weight is 453 g/mol. The molecular weight excluding hydrogens is 418 g/mol. The summed E-state index contributed by atoms with van der Waals surface area (Å²) in [6, 6.07) is 3.14. The summed E-state index contributed by atoms with van der Waals surface area (Å²) in [4.78, 5) is 8.90. The largest absolute Gasteiger partial charge is 0.457 e. The lowest BCUT2D eigenvalue weighted by Gasteiger charge is -2.39. The fourth-order valence-electron chi connectivity index (χ4n) is 4.62. The molecule has 178 valence electrons. The highest BCUT2D eigenvalue weighted by Crippen LogP contribution is 2.34. The second-order valence-corrected chi connectivity index (χ2v) is 8.28. The molecule has 0 saturated carbocycles. The smallest absolute Gasteiger partial charge is 0.251 e. The van der Waals surface area contributed by atoms with Crippen molar-refractivity contribution in [3.8, 4) is 0 Å². The minimum Gasteiger partial charge on any atom is -0.457 e. The monoisotopic (exact) mass is 452 g/mol. The fourth-order valence-corrected chi connectivity index (χ4v) is 4.62. The van der Waals surface area contributed by atoms with Crippen LogP contribution in [0.5, 0.6) is 0 Å². The van der Waals surface area contributed by atoms with E-state index < -0.39 is 30.0 Å². The van der Waals surface area contributed by atoms with E-state index in [9.17, 15) is 8.78 Å². The fraction of sp³-hybridized carbons (Fsp3) is 0.636. The van der Waals surface area contributed by atoms with Crippen LogP contribution < -0.4 is 11.5 Å². The standard InChI is InChI=1S/C20H28F2N6O2.C2H6/c1-10(23)30-19(25)20-26-16-7-28(8-17(16)27(20)2)12-6-15(24)18(29-9-12)13-5-11(21)3-4-14(13)22;1-2/h3-5,10,12,15-18,25H,6-9,23-24H2,1-2H3;1-2H3/t10?,12?,15?,16?,17?,18-;/m1./s1. The van der Waals surface area contributed by atoms with Crippen molar-refractivity contribution in [2.24, 2.45) is 16.5 Å². The number of nitrogens with two attached hydrogens (primary N) is 2. The molecule has 3 aliphatic heterocycles. The first-order chi connectivity index (χ1) is 15.2. The maximum atomic E-state index is 14.1. The Kier molecular flexibility index (Phi) is 7.81. The Morgan fingerprint density at radius 2 is 2.03 bits per heavy atom. The van der Waals surface area contributed by atoms with Crippen molar-refractivity contribution >= 4 is 11.7 Å². The molecule has 0 spiro atoms. The highest BCUT2D eigenvalue weighted by atomic mass is 19.1. The number of amidine groups is 1. The first-order valence-electron chi connectivity index (χ1n) is 11.1. The number of hydrogen-bond acceptors (Lipinski definition) is 8. The van der Waals surface area contributed by atoms with Crippen LogP contribution in [0.4, 0.5) is 8.78 Å². The topological polar surface area (TPSA) is 113 Å². The number of hydrogen-bond donors (Lipinski definition) is 3. The van der Waals surface area contributed by atoms with Crippen LogP contribution in [-0.4, -0.2) is 78.7 Å². The van der Waals surface area contributed by atoms with Crippen molar-refractivity contribution in [2.75, 3.05) is 26.7 Å². The van der Waals surface area contributed by atoms with Crippen molar-refractivity contribution < 1.29 is 18.3 Å². The Morgan fingerprint density at radius 1 is 1.31 bits per heavy atom. The van der Waals surface area contributed by atoms with Gasteiger partial charge in [0.2, 0.25) is 0 Å². The van der Waals surface area contributed by atoms with Crippen LogP contribution in [0.1, 0.15) is 38.9 Å². The molecule has 0 radical (unpaired) electrons. The lowest BCUT2D eigenvalue weighted by atomic mass is 9.93. The number of likely N-dealkylation sites (N-methyl/N-ethyl adjacent to an activating group) is 1. The summed E-state index contributed by atoms with van der Waals surface area (Å²) in [5, 5.41) is 8.05. The maximum Gasteiger partial charge on any atom is 0.251 e. The third kappa shape index (κ3) is 4.93. The molecule has 5 unspecified atom stereocenters. The van der Waals surface area contributed by atoms with Gasteiger partial charge in [0.1, 0.15) is 24.0 Å². The molecule has 2 fully saturated rings. The lowest BCUT2D eigenvalue weighted by molar-refractivity contribution is -0.0479. The molecule has 0 bridgehead atoms. The van der Waals surface area contributed by atoms with Gasteiger partial charge in [-0.05, 0) is 31.5 Å². The van der Waals surface area contributed by atoms with Gasteiger partial charge in [-0.2, -0.15) is 0 Å². The van der Waals surface area contributed by atoms with Crippen LogP contribution in [-0.2, 0) is 9.47 Å². The number of rotatable bonds is 4. The van der Waals surface area contributed by atoms with Gasteiger partial charge in [0.25, 0.3) is 5.90 Å². The molecule has 0 amide bonds. The van der Waals surface area contributed by atoms with Crippen LogP contribution in [0.15, 0.2) is 23.2 Å². The highest BCUT2D eigenvalue weighted by Gasteiger charge is 2.46. The molecule has 0 aromatic heterocycles. The summed E-state index contributed by atoms with van der Waals surface area (Å²) in [7, 11) is 1.90. The minimum absolute atomic E-state index is 0.0172. The first kappa shape index (κ1) is 24.5. The third-order valence-corrected chi connectivity index (χ3v) is 6.10. The molecule has 1 aromatic carbocycles. The quantitative estimate of drug-likeness (QED) is 0.365. The second kappa shape index (κ2) is 10.2. The second-order valence-electron chi connectivity index (χ2n) is 8.28. The van der Waals surface area contributed by atoms with Crippen LogP contribution in [0.2, 0.25) is 0 Å². The molecule has 2 saturated heterocycles. The van der Waals surface area contributed by atoms with Gasteiger partial charge in [-0.3, -0.25) is 21.0 Å². The van der Waals surface area contributed by atoms with Crippen LogP contribution in [0, 0.1) is 17.0 Å². The molecule has 3 heterocycles. The van der Waals surface area contributed by atoms with E-state index in [2.05, 4.69) is 9.89 Å². The summed E-state index contributed by atoms with van der Waals surface area (Å²) in [6.07, 6.45) is -0.617. The molecule has 0 aliphatic carbocycles. The molecule has 6 atom stereocenters. The van der Waals surface area contributed by atoms with Crippen molar-refractivity contribution in [1.82, 2.24) is 9.80 Å². The van der Waals surface area contributed by atoms with Crippen LogP contribution >= 0.6 is 0 Å². The Hall–Kier alpha value is -2.14. The number of nitrogens with one attached hydrogen (secondary N) is 1. The Morgan fingerprint density at radius 3 is 2.66 bits per heavy atom. The summed E-state index contributed by atoms with van der Waals surface area (Å²) in [6.45, 7) is 7.52. The van der Waals surface area contributed by atoms with Crippen molar-refractivity contribution in [1.29, 1.82) is 5.41 Å². The van der Waals surface area contributed by atoms with Gasteiger partial charge in [-0.15, -0.1) is 0 Å². The Bertz CT molecular complexity index is 852. The molecular formula is C22H34F2N6O2. The summed E-state index contributed by atoms with van der Waals surface area (Å²) < 4.78 is 38.9. The molecule has 3 aliphatic rings. The zero-order valence-corrected chi connectivity index (χ0v) is 19.1. The van der Waals surface area contributed by atoms with Crippen molar-refractivity contribution in [3.63, 3.8) is 0 Å². The van der Waals surface area contributed by atoms with Gasteiger partial charge in [0, 0.05) is 37.8 Å². The number of nitrogens with zero attached hydrogens (tertiary/aromatic N) is 3. The lowest BCUT2D eigenvalue weighted by Crippen LogP contribution is -2.50. The van der Waals surface area contributed by atoms with Gasteiger partial charge in [0.15, 0.2) is 5.84 Å². The molecule has 10 heteroatoms. The van der Waals surface area contributed by atoms with Gasteiger partial charge in [-0.1, -0.05) is 13.8 Å². The summed E-state index contributed by atoms with van der Waals surface area (Å²) >= 11 is 0. The molecule has 5 N–H and O–H groups in total. The molecule has 32 heavy (non-hydrogen) atoms. The molecule has 1 aromatic rings. The highest BCUT2D eigenvalue weighted by molar-refractivity contribution is 6.37. The van der Waals surface area contributed by atoms with Crippen LogP contribution in [0.3, 0.4) is 0 Å². The summed E-state index contributed by atoms with van der Waals surface area (Å²) in [5.41, 5.74) is 12.1. The SMILES string of the molecule is CC.CC(N)OC(=N)C1=NC2CN(C3CO[C@H](c4cc(F)ccc4F)C(N)C3)CC2N1C. The van der Waals surface area contributed by atoms with E-state index in [1.54, 1.807) is 6.92 Å². The minimum atomic E-state index is -0.665. The molecule has 4 rings (SSSR count). The number of fused-ring (bicyclic) bond motifs is 1. The normalized spacial score (nSPS) is 30.8. The van der Waals surface area contributed by atoms with E-state index in [-0.39, 0.29) is 29.6 Å². The van der Waals surface area contributed by atoms with E-state index >= 15 is 0 Å². The third-order valence-electron chi connectivity index (χ3n) is 6.10. The van der Waals surface area contributed by atoms with Gasteiger partial charge < -0.3 is 20.1 Å². The number of ether oxygens (including phenoxy) is 2. The summed E-state index contributed by atoms with van der Waals surface area (Å²) in [5.74, 6) is -0.519. The van der Waals surface area contributed by atoms with Crippen molar-refractivity contribution in [3.05, 3.63) is 35.4 Å². The van der Waals surface area contributed by atoms with Gasteiger partial charge >= 0.3 is 0 Å². The first-order valence-corrected chi connectivity index (χ1v) is 11.1. The zero-order valence-electron chi connectivity index (χ0n) is 19.1. The van der Waals surface area contributed by atoms with Crippen LogP contribution in [0.25, 0.3) is 0 Å². The van der Waals surface area contributed by atoms with Gasteiger partial charge in [0.05, 0.1) is 18.7 Å². The van der Waals surface area contributed by atoms with E-state index in [1.807, 2.05) is 25.8 Å². The number of aliphatic imine (C=N–C) groups is 1. The predicted octanol–water partition coefficient (Wildman–Crippen LogP) is 1.84. The Labute approximate surface area is 188 Å². The predicted molar refractivity (Wildman–Crippen MR) is 120 cm³/mol. The zero-order chi connectivity index (χ0) is 23.6. The Balaban J connectivity index is 0.00000141. The average Bonchev–Trinajstić information content (AvgIpc) is 3.30. The van der Waals surface area contributed by atoms with Gasteiger partial charge in [-0.25, -0.2) is 8.78 Å². The van der Waals surface area contributed by atoms with E-state index in [0.29, 0.717) is 25.4 Å². The van der Waals surface area contributed by atoms with Crippen molar-refractivity contribution in [2.45, 2.75) is 63.7 Å². The number of halogens is 2. The number of likely N-dealkylation sites (tertiary alicyclic amines) is 1. The van der Waals surface area contributed by atoms with E-state index in [4.69, 9.17) is 26.4 Å². The van der Waals surface area contributed by atoms with E-state index in [0.717, 1.165) is 24.7 Å². The molecule has 8 nitrogen and oxygen atoms in total. The maximum absolute atomic E-state index is 14.1.